The van der Waals surface area contributed by atoms with Crippen LogP contribution in [0.5, 0.6) is 0 Å². The van der Waals surface area contributed by atoms with Crippen molar-refractivity contribution in [2.24, 2.45) is 0 Å². The molecule has 4 heteroatoms. The Hall–Kier alpha value is -2.10. The number of carbonyl (C=O) groups is 1. The van der Waals surface area contributed by atoms with Gasteiger partial charge >= 0.3 is 0 Å². The lowest BCUT2D eigenvalue weighted by molar-refractivity contribution is -0.116. The molecule has 1 N–H and O–H groups in total. The lowest BCUT2D eigenvalue weighted by Gasteiger charge is -2.07. The summed E-state index contributed by atoms with van der Waals surface area (Å²) in [6, 6.07) is 8.43. The van der Waals surface area contributed by atoms with E-state index in [9.17, 15) is 4.79 Å². The van der Waals surface area contributed by atoms with Gasteiger partial charge in [-0.15, -0.1) is 0 Å². The zero-order valence-corrected chi connectivity index (χ0v) is 13.2. The van der Waals surface area contributed by atoms with Crippen LogP contribution in [-0.2, 0) is 11.3 Å². The van der Waals surface area contributed by atoms with Gasteiger partial charge in [0.1, 0.15) is 0 Å². The van der Waals surface area contributed by atoms with E-state index in [1.165, 1.54) is 11.1 Å². The molecular weight excluding hydrogens is 262 g/mol. The number of amides is 1. The van der Waals surface area contributed by atoms with Crippen molar-refractivity contribution in [1.29, 1.82) is 0 Å². The largest absolute Gasteiger partial charge is 0.323 e. The first-order chi connectivity index (χ1) is 10.0. The molecule has 0 spiro atoms. The quantitative estimate of drug-likeness (QED) is 0.912. The van der Waals surface area contributed by atoms with E-state index < -0.39 is 0 Å². The van der Waals surface area contributed by atoms with E-state index >= 15 is 0 Å². The van der Waals surface area contributed by atoms with Crippen LogP contribution in [0, 0.1) is 20.8 Å². The summed E-state index contributed by atoms with van der Waals surface area (Å²) in [6.45, 7) is 8.72. The van der Waals surface area contributed by atoms with Crippen molar-refractivity contribution >= 4 is 11.6 Å². The monoisotopic (exact) mass is 285 g/mol. The standard InChI is InChI=1S/C17H23N3O/c1-5-6-16(21)18-17-13(3)19-20(14(17)4)11-15-9-7-12(2)8-10-15/h7-10H,5-6,11H2,1-4H3,(H,18,21). The third-order valence-electron chi connectivity index (χ3n) is 3.58. The van der Waals surface area contributed by atoms with E-state index in [4.69, 9.17) is 0 Å². The molecule has 0 aliphatic heterocycles. The van der Waals surface area contributed by atoms with Gasteiger partial charge < -0.3 is 5.32 Å². The van der Waals surface area contributed by atoms with Crippen LogP contribution in [0.3, 0.4) is 0 Å². The molecule has 1 aromatic heterocycles. The maximum atomic E-state index is 11.8. The predicted molar refractivity (Wildman–Crippen MR) is 85.5 cm³/mol. The Labute approximate surface area is 126 Å². The summed E-state index contributed by atoms with van der Waals surface area (Å²) >= 11 is 0. The van der Waals surface area contributed by atoms with Crippen LogP contribution in [0.1, 0.15) is 42.3 Å². The lowest BCUT2D eigenvalue weighted by Crippen LogP contribution is -2.12. The first kappa shape index (κ1) is 15.3. The number of benzene rings is 1. The number of aryl methyl sites for hydroxylation is 2. The number of rotatable bonds is 5. The Morgan fingerprint density at radius 1 is 1.19 bits per heavy atom. The molecule has 0 atom stereocenters. The lowest BCUT2D eigenvalue weighted by atomic mass is 10.1. The molecular formula is C17H23N3O. The van der Waals surface area contributed by atoms with Gasteiger partial charge in [-0.25, -0.2) is 0 Å². The maximum absolute atomic E-state index is 11.8. The van der Waals surface area contributed by atoms with Gasteiger partial charge in [0.15, 0.2) is 0 Å². The van der Waals surface area contributed by atoms with Gasteiger partial charge in [-0.1, -0.05) is 36.8 Å². The summed E-state index contributed by atoms with van der Waals surface area (Å²) in [5, 5.41) is 7.52. The van der Waals surface area contributed by atoms with Crippen LogP contribution < -0.4 is 5.32 Å². The van der Waals surface area contributed by atoms with E-state index in [-0.39, 0.29) is 5.91 Å². The second-order valence-electron chi connectivity index (χ2n) is 5.49. The summed E-state index contributed by atoms with van der Waals surface area (Å²) in [6.07, 6.45) is 1.39. The van der Waals surface area contributed by atoms with Crippen LogP contribution in [0.25, 0.3) is 0 Å². The fourth-order valence-corrected chi connectivity index (χ4v) is 2.33. The predicted octanol–water partition coefficient (Wildman–Crippen LogP) is 3.60. The van der Waals surface area contributed by atoms with Crippen LogP contribution >= 0.6 is 0 Å². The molecule has 112 valence electrons. The molecule has 0 aliphatic rings. The van der Waals surface area contributed by atoms with Crippen LogP contribution in [0.15, 0.2) is 24.3 Å². The Morgan fingerprint density at radius 3 is 2.48 bits per heavy atom. The number of nitrogens with zero attached hydrogens (tertiary/aromatic N) is 2. The van der Waals surface area contributed by atoms with Crippen molar-refractivity contribution in [2.75, 3.05) is 5.32 Å². The Bertz CT molecular complexity index is 626. The highest BCUT2D eigenvalue weighted by Crippen LogP contribution is 2.21. The van der Waals surface area contributed by atoms with Gasteiger partial charge in [-0.2, -0.15) is 5.10 Å². The van der Waals surface area contributed by atoms with Crippen molar-refractivity contribution in [1.82, 2.24) is 9.78 Å². The zero-order valence-electron chi connectivity index (χ0n) is 13.2. The summed E-state index contributed by atoms with van der Waals surface area (Å²) < 4.78 is 1.95. The minimum Gasteiger partial charge on any atom is -0.323 e. The number of hydrogen-bond acceptors (Lipinski definition) is 2. The molecule has 1 amide bonds. The van der Waals surface area contributed by atoms with Gasteiger partial charge in [0.25, 0.3) is 0 Å². The fraction of sp³-hybridized carbons (Fsp3) is 0.412. The summed E-state index contributed by atoms with van der Waals surface area (Å²) in [5.74, 6) is 0.0542. The Balaban J connectivity index is 2.18. The highest BCUT2D eigenvalue weighted by molar-refractivity contribution is 5.91. The van der Waals surface area contributed by atoms with Gasteiger partial charge in [0.2, 0.25) is 5.91 Å². The topological polar surface area (TPSA) is 46.9 Å². The average Bonchev–Trinajstić information content (AvgIpc) is 2.69. The number of carbonyl (C=O) groups excluding carboxylic acids is 1. The SMILES string of the molecule is CCCC(=O)Nc1c(C)nn(Cc2ccc(C)cc2)c1C. The molecule has 0 saturated heterocycles. The van der Waals surface area contributed by atoms with Crippen LogP contribution in [0.2, 0.25) is 0 Å². The molecule has 0 fully saturated rings. The molecule has 2 rings (SSSR count). The van der Waals surface area contributed by atoms with E-state index in [0.717, 1.165) is 30.0 Å². The number of aromatic nitrogens is 2. The molecule has 21 heavy (non-hydrogen) atoms. The van der Waals surface area contributed by atoms with E-state index in [1.807, 2.05) is 25.5 Å². The first-order valence-electron chi connectivity index (χ1n) is 7.40. The van der Waals surface area contributed by atoms with E-state index in [1.54, 1.807) is 0 Å². The van der Waals surface area contributed by atoms with Crippen molar-refractivity contribution in [3.63, 3.8) is 0 Å². The van der Waals surface area contributed by atoms with Crippen LogP contribution in [-0.4, -0.2) is 15.7 Å². The molecule has 0 bridgehead atoms. The summed E-state index contributed by atoms with van der Waals surface area (Å²) in [5.41, 5.74) is 5.17. The van der Waals surface area contributed by atoms with Crippen molar-refractivity contribution < 1.29 is 4.79 Å². The minimum atomic E-state index is 0.0542. The number of anilines is 1. The molecule has 0 unspecified atom stereocenters. The maximum Gasteiger partial charge on any atom is 0.224 e. The molecule has 4 nitrogen and oxygen atoms in total. The molecule has 0 radical (unpaired) electrons. The Morgan fingerprint density at radius 2 is 1.86 bits per heavy atom. The normalized spacial score (nSPS) is 10.7. The Kier molecular flexibility index (Phi) is 4.78. The van der Waals surface area contributed by atoms with E-state index in [0.29, 0.717) is 6.42 Å². The second kappa shape index (κ2) is 6.57. The van der Waals surface area contributed by atoms with Crippen molar-refractivity contribution in [3.05, 3.63) is 46.8 Å². The number of hydrogen-bond donors (Lipinski definition) is 1. The van der Waals surface area contributed by atoms with Gasteiger partial charge in [-0.05, 0) is 32.8 Å². The van der Waals surface area contributed by atoms with Crippen LogP contribution in [0.4, 0.5) is 5.69 Å². The van der Waals surface area contributed by atoms with E-state index in [2.05, 4.69) is 41.6 Å². The highest BCUT2D eigenvalue weighted by Gasteiger charge is 2.13. The van der Waals surface area contributed by atoms with Gasteiger partial charge in [0, 0.05) is 6.42 Å². The molecule has 0 aliphatic carbocycles. The van der Waals surface area contributed by atoms with Gasteiger partial charge in [-0.3, -0.25) is 9.48 Å². The molecule has 2 aromatic rings. The minimum absolute atomic E-state index is 0.0542. The fourth-order valence-electron chi connectivity index (χ4n) is 2.33. The third-order valence-corrected chi connectivity index (χ3v) is 3.58. The van der Waals surface area contributed by atoms with Crippen molar-refractivity contribution in [2.45, 2.75) is 47.1 Å². The highest BCUT2D eigenvalue weighted by atomic mass is 16.1. The zero-order chi connectivity index (χ0) is 15.4. The molecule has 0 saturated carbocycles. The summed E-state index contributed by atoms with van der Waals surface area (Å²) in [7, 11) is 0. The third kappa shape index (κ3) is 3.72. The molecule has 1 heterocycles. The second-order valence-corrected chi connectivity index (χ2v) is 5.49. The average molecular weight is 285 g/mol. The smallest absolute Gasteiger partial charge is 0.224 e. The van der Waals surface area contributed by atoms with Gasteiger partial charge in [0.05, 0.1) is 23.6 Å². The summed E-state index contributed by atoms with van der Waals surface area (Å²) in [4.78, 5) is 11.8. The van der Waals surface area contributed by atoms with Crippen molar-refractivity contribution in [3.8, 4) is 0 Å². The number of nitrogens with one attached hydrogen (secondary N) is 1. The molecule has 1 aromatic carbocycles. The first-order valence-corrected chi connectivity index (χ1v) is 7.40.